The second kappa shape index (κ2) is 9.80. The fourth-order valence-electron chi connectivity index (χ4n) is 4.18. The molecule has 0 aromatic carbocycles. The monoisotopic (exact) mass is 483 g/mol. The number of carbonyl (C=O) groups excluding carboxylic acids is 3. The molecule has 3 aromatic rings. The lowest BCUT2D eigenvalue weighted by atomic mass is 9.85. The zero-order valence-electron chi connectivity index (χ0n) is 19.2. The summed E-state index contributed by atoms with van der Waals surface area (Å²) in [7, 11) is 1.79. The molecular formula is C24H26ClN5O4. The quantitative estimate of drug-likeness (QED) is 0.555. The Kier molecular flexibility index (Phi) is 6.83. The first-order valence-corrected chi connectivity index (χ1v) is 11.5. The normalized spacial score (nSPS) is 17.9. The topological polar surface area (TPSA) is 117 Å². The minimum Gasteiger partial charge on any atom is -0.447 e. The van der Waals surface area contributed by atoms with Crippen molar-refractivity contribution in [3.05, 3.63) is 46.9 Å². The Morgan fingerprint density at radius 1 is 1.09 bits per heavy atom. The molecule has 9 nitrogen and oxygen atoms in total. The molecule has 3 aromatic heterocycles. The number of fused-ring (bicyclic) bond motifs is 1. The van der Waals surface area contributed by atoms with Gasteiger partial charge in [0.15, 0.2) is 5.58 Å². The predicted octanol–water partition coefficient (Wildman–Crippen LogP) is 4.41. The first-order valence-electron chi connectivity index (χ1n) is 11.1. The molecule has 0 radical (unpaired) electrons. The van der Waals surface area contributed by atoms with Crippen molar-refractivity contribution in [3.63, 3.8) is 0 Å². The van der Waals surface area contributed by atoms with Gasteiger partial charge in [0.25, 0.3) is 5.91 Å². The van der Waals surface area contributed by atoms with Crippen LogP contribution in [-0.2, 0) is 9.59 Å². The van der Waals surface area contributed by atoms with Crippen LogP contribution in [0.3, 0.4) is 0 Å². The smallest absolute Gasteiger partial charge is 0.294 e. The van der Waals surface area contributed by atoms with E-state index in [-0.39, 0.29) is 35.2 Å². The fraction of sp³-hybridized carbons (Fsp3) is 0.375. The third-order valence-corrected chi connectivity index (χ3v) is 6.43. The van der Waals surface area contributed by atoms with Gasteiger partial charge >= 0.3 is 0 Å². The van der Waals surface area contributed by atoms with Crippen molar-refractivity contribution in [3.8, 4) is 0 Å². The Morgan fingerprint density at radius 3 is 2.47 bits per heavy atom. The van der Waals surface area contributed by atoms with E-state index in [1.165, 1.54) is 6.20 Å². The van der Waals surface area contributed by atoms with Gasteiger partial charge in [0.2, 0.25) is 17.6 Å². The van der Waals surface area contributed by atoms with E-state index in [2.05, 4.69) is 20.6 Å². The minimum absolute atomic E-state index is 0.0186. The highest BCUT2D eigenvalue weighted by Crippen LogP contribution is 2.33. The van der Waals surface area contributed by atoms with Gasteiger partial charge in [-0.15, -0.1) is 0 Å². The molecule has 1 saturated carbocycles. The molecule has 0 aliphatic heterocycles. The van der Waals surface area contributed by atoms with Gasteiger partial charge in [-0.2, -0.15) is 0 Å². The summed E-state index contributed by atoms with van der Waals surface area (Å²) in [6.07, 6.45) is 4.20. The average Bonchev–Trinajstić information content (AvgIpc) is 3.17. The molecule has 0 atom stereocenters. The van der Waals surface area contributed by atoms with Gasteiger partial charge in [0.05, 0.1) is 5.02 Å². The molecule has 1 fully saturated rings. The molecule has 2 N–H and O–H groups in total. The third kappa shape index (κ3) is 5.04. The van der Waals surface area contributed by atoms with Gasteiger partial charge in [-0.1, -0.05) is 11.6 Å². The summed E-state index contributed by atoms with van der Waals surface area (Å²) in [5.74, 6) is -0.737. The summed E-state index contributed by atoms with van der Waals surface area (Å²) in [5.41, 5.74) is 1.76. The summed E-state index contributed by atoms with van der Waals surface area (Å²) >= 11 is 5.86. The van der Waals surface area contributed by atoms with Crippen LogP contribution in [0.5, 0.6) is 0 Å². The standard InChI is InChI=1S/C24H26ClN5O4/c1-13-4-10-18-20(27-13)21(22(34-18)24(33)28-19-11-7-16(25)12-26-19)29-23(32)15-5-8-17(9-6-15)30(3)14(2)31/h4,7,10-12,15,17H,5-6,8-9H2,1-3H3,(H,29,32)(H,26,28,33). The van der Waals surface area contributed by atoms with Gasteiger partial charge in [0.1, 0.15) is 17.0 Å². The number of aryl methyl sites for hydroxylation is 1. The lowest BCUT2D eigenvalue weighted by Gasteiger charge is -2.33. The number of hydrogen-bond donors (Lipinski definition) is 2. The highest BCUT2D eigenvalue weighted by atomic mass is 35.5. The Bertz CT molecular complexity index is 1230. The van der Waals surface area contributed by atoms with Crippen molar-refractivity contribution in [1.29, 1.82) is 0 Å². The molecule has 4 rings (SSSR count). The average molecular weight is 484 g/mol. The van der Waals surface area contributed by atoms with Crippen LogP contribution in [-0.4, -0.2) is 45.7 Å². The highest BCUT2D eigenvalue weighted by Gasteiger charge is 2.31. The van der Waals surface area contributed by atoms with E-state index in [9.17, 15) is 14.4 Å². The maximum Gasteiger partial charge on any atom is 0.294 e. The molecule has 0 saturated heterocycles. The Morgan fingerprint density at radius 2 is 1.82 bits per heavy atom. The van der Waals surface area contributed by atoms with Crippen molar-refractivity contribution >= 4 is 51.9 Å². The van der Waals surface area contributed by atoms with E-state index >= 15 is 0 Å². The number of carbonyl (C=O) groups is 3. The molecule has 34 heavy (non-hydrogen) atoms. The summed E-state index contributed by atoms with van der Waals surface area (Å²) in [6.45, 7) is 3.37. The zero-order chi connectivity index (χ0) is 24.4. The number of rotatable bonds is 5. The van der Waals surface area contributed by atoms with E-state index in [1.54, 1.807) is 43.1 Å². The maximum absolute atomic E-state index is 13.2. The van der Waals surface area contributed by atoms with E-state index in [1.807, 2.05) is 6.92 Å². The first kappa shape index (κ1) is 23.7. The largest absolute Gasteiger partial charge is 0.447 e. The number of nitrogens with zero attached hydrogens (tertiary/aromatic N) is 3. The molecule has 3 amide bonds. The van der Waals surface area contributed by atoms with Gasteiger partial charge in [-0.3, -0.25) is 14.4 Å². The van der Waals surface area contributed by atoms with Crippen LogP contribution in [0.25, 0.3) is 11.1 Å². The molecule has 0 unspecified atom stereocenters. The molecule has 10 heteroatoms. The highest BCUT2D eigenvalue weighted by molar-refractivity contribution is 6.30. The molecule has 178 valence electrons. The molecular weight excluding hydrogens is 458 g/mol. The number of aromatic nitrogens is 2. The van der Waals surface area contributed by atoms with E-state index in [4.69, 9.17) is 16.0 Å². The first-order chi connectivity index (χ1) is 16.2. The predicted molar refractivity (Wildman–Crippen MR) is 129 cm³/mol. The number of halogens is 1. The number of furan rings is 1. The lowest BCUT2D eigenvalue weighted by Crippen LogP contribution is -2.40. The van der Waals surface area contributed by atoms with Crippen molar-refractivity contribution < 1.29 is 18.8 Å². The SMILES string of the molecule is CC(=O)N(C)C1CCC(C(=O)Nc2c(C(=O)Nc3ccc(Cl)cn3)oc3ccc(C)nc23)CC1. The second-order valence-corrected chi connectivity index (χ2v) is 8.98. The molecule has 0 bridgehead atoms. The van der Waals surface area contributed by atoms with E-state index in [0.29, 0.717) is 34.8 Å². The van der Waals surface area contributed by atoms with Crippen molar-refractivity contribution in [2.75, 3.05) is 17.7 Å². The Labute approximate surface area is 201 Å². The Hall–Kier alpha value is -3.46. The number of anilines is 2. The number of hydrogen-bond acceptors (Lipinski definition) is 6. The fourth-order valence-corrected chi connectivity index (χ4v) is 4.29. The third-order valence-electron chi connectivity index (χ3n) is 6.21. The van der Waals surface area contributed by atoms with Crippen LogP contribution in [0.4, 0.5) is 11.5 Å². The van der Waals surface area contributed by atoms with Gasteiger partial charge < -0.3 is 20.0 Å². The number of nitrogens with one attached hydrogen (secondary N) is 2. The van der Waals surface area contributed by atoms with Crippen molar-refractivity contribution in [1.82, 2.24) is 14.9 Å². The summed E-state index contributed by atoms with van der Waals surface area (Å²) in [4.78, 5) is 48.1. The number of pyridine rings is 2. The summed E-state index contributed by atoms with van der Waals surface area (Å²) < 4.78 is 5.79. The van der Waals surface area contributed by atoms with Crippen LogP contribution >= 0.6 is 11.6 Å². The van der Waals surface area contributed by atoms with Crippen LogP contribution < -0.4 is 10.6 Å². The maximum atomic E-state index is 13.2. The van der Waals surface area contributed by atoms with Gasteiger partial charge in [-0.25, -0.2) is 9.97 Å². The Balaban J connectivity index is 1.55. The molecule has 3 heterocycles. The van der Waals surface area contributed by atoms with Crippen LogP contribution in [0, 0.1) is 12.8 Å². The summed E-state index contributed by atoms with van der Waals surface area (Å²) in [6, 6.07) is 6.80. The molecule has 1 aliphatic rings. The van der Waals surface area contributed by atoms with E-state index < -0.39 is 5.91 Å². The van der Waals surface area contributed by atoms with Gasteiger partial charge in [0, 0.05) is 37.8 Å². The number of amides is 3. The summed E-state index contributed by atoms with van der Waals surface area (Å²) in [5, 5.41) is 6.00. The molecule has 1 aliphatic carbocycles. The zero-order valence-corrected chi connectivity index (χ0v) is 20.0. The van der Waals surface area contributed by atoms with Crippen molar-refractivity contribution in [2.24, 2.45) is 5.92 Å². The molecule has 0 spiro atoms. The van der Waals surface area contributed by atoms with Crippen LogP contribution in [0.1, 0.15) is 48.9 Å². The lowest BCUT2D eigenvalue weighted by molar-refractivity contribution is -0.130. The van der Waals surface area contributed by atoms with Crippen molar-refractivity contribution in [2.45, 2.75) is 45.6 Å². The minimum atomic E-state index is -0.562. The second-order valence-electron chi connectivity index (χ2n) is 8.55. The van der Waals surface area contributed by atoms with E-state index in [0.717, 1.165) is 18.5 Å². The van der Waals surface area contributed by atoms with Crippen LogP contribution in [0.2, 0.25) is 5.02 Å². The van der Waals surface area contributed by atoms with Crippen LogP contribution in [0.15, 0.2) is 34.9 Å². The van der Waals surface area contributed by atoms with Gasteiger partial charge in [-0.05, 0) is 56.9 Å².